The van der Waals surface area contributed by atoms with Gasteiger partial charge in [-0.1, -0.05) is 0 Å². The van der Waals surface area contributed by atoms with Gasteiger partial charge in [-0.15, -0.1) is 0 Å². The Labute approximate surface area is 115 Å². The first-order valence-electron chi connectivity index (χ1n) is 6.98. The maximum atomic E-state index is 12.2. The molecule has 1 aliphatic heterocycles. The van der Waals surface area contributed by atoms with Crippen LogP contribution in [0.1, 0.15) is 32.3 Å². The number of pyridine rings is 1. The number of amides is 1. The van der Waals surface area contributed by atoms with Crippen molar-refractivity contribution in [3.05, 3.63) is 30.1 Å². The second-order valence-electron chi connectivity index (χ2n) is 5.83. The summed E-state index contributed by atoms with van der Waals surface area (Å²) in [5.74, 6) is 0.281. The first-order valence-corrected chi connectivity index (χ1v) is 6.98. The van der Waals surface area contributed by atoms with E-state index in [-0.39, 0.29) is 11.4 Å². The molecular formula is C15H23N3O. The number of carbonyl (C=O) groups excluding carboxylic acids is 1. The average molecular weight is 261 g/mol. The largest absolute Gasteiger partial charge is 0.340 e. The van der Waals surface area contributed by atoms with Crippen LogP contribution < -0.4 is 5.32 Å². The Bertz CT molecular complexity index is 417. The standard InChI is InChI=1S/C15H23N3O/c1-15(2)12-18(11-10-17-15)14(19)5-3-4-13-6-8-16-9-7-13/h6-9,17H,3-5,10-12H2,1-2H3. The third-order valence-corrected chi connectivity index (χ3v) is 3.53. The van der Waals surface area contributed by atoms with Crippen molar-refractivity contribution in [1.82, 2.24) is 15.2 Å². The van der Waals surface area contributed by atoms with Gasteiger partial charge in [0.25, 0.3) is 0 Å². The van der Waals surface area contributed by atoms with E-state index < -0.39 is 0 Å². The van der Waals surface area contributed by atoms with Crippen molar-refractivity contribution in [3.63, 3.8) is 0 Å². The summed E-state index contributed by atoms with van der Waals surface area (Å²) in [7, 11) is 0. The summed E-state index contributed by atoms with van der Waals surface area (Å²) >= 11 is 0. The number of carbonyl (C=O) groups is 1. The van der Waals surface area contributed by atoms with Gasteiger partial charge in [-0.05, 0) is 44.4 Å². The summed E-state index contributed by atoms with van der Waals surface area (Å²) in [5.41, 5.74) is 1.29. The number of nitrogens with zero attached hydrogens (tertiary/aromatic N) is 2. The fourth-order valence-corrected chi connectivity index (χ4v) is 2.51. The Kier molecular flexibility index (Phi) is 4.53. The van der Waals surface area contributed by atoms with Crippen molar-refractivity contribution >= 4 is 5.91 Å². The molecule has 0 radical (unpaired) electrons. The van der Waals surface area contributed by atoms with Crippen LogP contribution in [0, 0.1) is 0 Å². The van der Waals surface area contributed by atoms with E-state index in [1.165, 1.54) is 5.56 Å². The quantitative estimate of drug-likeness (QED) is 0.895. The minimum Gasteiger partial charge on any atom is -0.340 e. The number of hydrogen-bond donors (Lipinski definition) is 1. The van der Waals surface area contributed by atoms with Gasteiger partial charge in [0.05, 0.1) is 0 Å². The van der Waals surface area contributed by atoms with Gasteiger partial charge in [0.1, 0.15) is 0 Å². The maximum absolute atomic E-state index is 12.2. The molecule has 0 atom stereocenters. The third-order valence-electron chi connectivity index (χ3n) is 3.53. The van der Waals surface area contributed by atoms with Crippen LogP contribution >= 0.6 is 0 Å². The molecule has 2 heterocycles. The monoisotopic (exact) mass is 261 g/mol. The van der Waals surface area contributed by atoms with Crippen LogP contribution in [0.2, 0.25) is 0 Å². The molecule has 4 heteroatoms. The molecule has 0 unspecified atom stereocenters. The summed E-state index contributed by atoms with van der Waals surface area (Å²) in [6, 6.07) is 4.02. The molecule has 1 aromatic rings. The number of aromatic nitrogens is 1. The zero-order valence-electron chi connectivity index (χ0n) is 11.9. The summed E-state index contributed by atoms with van der Waals surface area (Å²) < 4.78 is 0. The molecular weight excluding hydrogens is 238 g/mol. The van der Waals surface area contributed by atoms with E-state index in [0.717, 1.165) is 32.5 Å². The Morgan fingerprint density at radius 2 is 2.16 bits per heavy atom. The highest BCUT2D eigenvalue weighted by molar-refractivity contribution is 5.76. The molecule has 4 nitrogen and oxygen atoms in total. The van der Waals surface area contributed by atoms with Crippen LogP contribution in [0.15, 0.2) is 24.5 Å². The molecule has 1 fully saturated rings. The van der Waals surface area contributed by atoms with Gasteiger partial charge in [0.2, 0.25) is 5.91 Å². The number of rotatable bonds is 4. The molecule has 1 aromatic heterocycles. The predicted octanol–water partition coefficient (Wildman–Crippen LogP) is 1.61. The zero-order chi connectivity index (χ0) is 13.7. The van der Waals surface area contributed by atoms with Crippen molar-refractivity contribution in [2.45, 2.75) is 38.6 Å². The van der Waals surface area contributed by atoms with Crippen molar-refractivity contribution in [3.8, 4) is 0 Å². The molecule has 0 aromatic carbocycles. The molecule has 0 saturated carbocycles. The Balaban J connectivity index is 1.75. The summed E-state index contributed by atoms with van der Waals surface area (Å²) in [5, 5.41) is 3.42. The van der Waals surface area contributed by atoms with E-state index in [1.54, 1.807) is 12.4 Å². The van der Waals surface area contributed by atoms with Gasteiger partial charge in [-0.2, -0.15) is 0 Å². The molecule has 104 valence electrons. The van der Waals surface area contributed by atoms with E-state index in [2.05, 4.69) is 24.1 Å². The second kappa shape index (κ2) is 6.15. The van der Waals surface area contributed by atoms with Gasteiger partial charge in [-0.25, -0.2) is 0 Å². The smallest absolute Gasteiger partial charge is 0.222 e. The number of hydrogen-bond acceptors (Lipinski definition) is 3. The molecule has 0 aliphatic carbocycles. The minimum atomic E-state index is 0.0407. The normalized spacial score (nSPS) is 18.3. The summed E-state index contributed by atoms with van der Waals surface area (Å²) in [6.07, 6.45) is 6.10. The van der Waals surface area contributed by atoms with E-state index in [4.69, 9.17) is 0 Å². The molecule has 1 N–H and O–H groups in total. The number of nitrogens with one attached hydrogen (secondary N) is 1. The second-order valence-corrected chi connectivity index (χ2v) is 5.83. The van der Waals surface area contributed by atoms with Crippen molar-refractivity contribution in [1.29, 1.82) is 0 Å². The van der Waals surface area contributed by atoms with E-state index >= 15 is 0 Å². The zero-order valence-corrected chi connectivity index (χ0v) is 11.9. The van der Waals surface area contributed by atoms with Gasteiger partial charge < -0.3 is 10.2 Å². The topological polar surface area (TPSA) is 45.2 Å². The van der Waals surface area contributed by atoms with Crippen LogP contribution in [0.4, 0.5) is 0 Å². The van der Waals surface area contributed by atoms with Gasteiger partial charge in [0, 0.05) is 44.0 Å². The van der Waals surface area contributed by atoms with E-state index in [9.17, 15) is 4.79 Å². The van der Waals surface area contributed by atoms with Crippen molar-refractivity contribution < 1.29 is 4.79 Å². The Hall–Kier alpha value is -1.42. The highest BCUT2D eigenvalue weighted by Gasteiger charge is 2.27. The van der Waals surface area contributed by atoms with Crippen LogP contribution in [0.25, 0.3) is 0 Å². The molecule has 1 saturated heterocycles. The van der Waals surface area contributed by atoms with Crippen molar-refractivity contribution in [2.75, 3.05) is 19.6 Å². The van der Waals surface area contributed by atoms with Crippen LogP contribution in [0.5, 0.6) is 0 Å². The lowest BCUT2D eigenvalue weighted by Crippen LogP contribution is -2.58. The van der Waals surface area contributed by atoms with Gasteiger partial charge >= 0.3 is 0 Å². The Morgan fingerprint density at radius 3 is 2.84 bits per heavy atom. The highest BCUT2D eigenvalue weighted by atomic mass is 16.2. The SMILES string of the molecule is CC1(C)CN(C(=O)CCCc2ccncc2)CCN1. The van der Waals surface area contributed by atoms with Gasteiger partial charge in [-0.3, -0.25) is 9.78 Å². The van der Waals surface area contributed by atoms with Gasteiger partial charge in [0.15, 0.2) is 0 Å². The summed E-state index contributed by atoms with van der Waals surface area (Å²) in [4.78, 5) is 18.1. The van der Waals surface area contributed by atoms with E-state index in [0.29, 0.717) is 6.42 Å². The number of piperazine rings is 1. The van der Waals surface area contributed by atoms with Crippen LogP contribution in [0.3, 0.4) is 0 Å². The van der Waals surface area contributed by atoms with Crippen LogP contribution in [-0.4, -0.2) is 41.0 Å². The van der Waals surface area contributed by atoms with Crippen LogP contribution in [-0.2, 0) is 11.2 Å². The van der Waals surface area contributed by atoms with E-state index in [1.807, 2.05) is 17.0 Å². The lowest BCUT2D eigenvalue weighted by Gasteiger charge is -2.39. The fourth-order valence-electron chi connectivity index (χ4n) is 2.51. The lowest BCUT2D eigenvalue weighted by atomic mass is 10.0. The average Bonchev–Trinajstić information content (AvgIpc) is 2.38. The van der Waals surface area contributed by atoms with Crippen molar-refractivity contribution in [2.24, 2.45) is 0 Å². The predicted molar refractivity (Wildman–Crippen MR) is 75.8 cm³/mol. The highest BCUT2D eigenvalue weighted by Crippen LogP contribution is 2.12. The number of aryl methyl sites for hydroxylation is 1. The molecule has 1 aliphatic rings. The fraction of sp³-hybridized carbons (Fsp3) is 0.600. The first-order chi connectivity index (χ1) is 9.07. The Morgan fingerprint density at radius 1 is 1.42 bits per heavy atom. The summed E-state index contributed by atoms with van der Waals surface area (Å²) in [6.45, 7) is 6.81. The molecule has 2 rings (SSSR count). The molecule has 0 spiro atoms. The molecule has 1 amide bonds. The lowest BCUT2D eigenvalue weighted by molar-refractivity contribution is -0.133. The molecule has 0 bridgehead atoms. The minimum absolute atomic E-state index is 0.0407. The first kappa shape index (κ1) is 14.0. The molecule has 19 heavy (non-hydrogen) atoms. The third kappa shape index (κ3) is 4.31. The maximum Gasteiger partial charge on any atom is 0.222 e.